The molecular weight excluding hydrogens is 322 g/mol. The lowest BCUT2D eigenvalue weighted by Crippen LogP contribution is -2.36. The van der Waals surface area contributed by atoms with Gasteiger partial charge >= 0.3 is 10.2 Å². The van der Waals surface area contributed by atoms with E-state index in [-0.39, 0.29) is 0 Å². The predicted molar refractivity (Wildman–Crippen MR) is 99.1 cm³/mol. The molecule has 24 heavy (non-hydrogen) atoms. The summed E-state index contributed by atoms with van der Waals surface area (Å²) in [7, 11) is 0.466. The van der Waals surface area contributed by atoms with Gasteiger partial charge in [-0.3, -0.25) is 4.31 Å². The minimum atomic E-state index is -3.59. The summed E-state index contributed by atoms with van der Waals surface area (Å²) in [5.41, 5.74) is 2.14. The third kappa shape index (κ3) is 3.12. The smallest absolute Gasteiger partial charge is 0.309 e. The Hall–Kier alpha value is -2.05. The summed E-state index contributed by atoms with van der Waals surface area (Å²) < 4.78 is 29.2. The lowest BCUT2D eigenvalue weighted by atomic mass is 10.2. The number of para-hydroxylation sites is 3. The van der Waals surface area contributed by atoms with Crippen LogP contribution in [0, 0.1) is 0 Å². The first-order valence-electron chi connectivity index (χ1n) is 8.13. The van der Waals surface area contributed by atoms with Gasteiger partial charge in [-0.15, -0.1) is 0 Å². The van der Waals surface area contributed by atoms with Crippen LogP contribution < -0.4 is 8.61 Å². The zero-order chi connectivity index (χ0) is 17.2. The Morgan fingerprint density at radius 3 is 2.17 bits per heavy atom. The van der Waals surface area contributed by atoms with Crippen molar-refractivity contribution in [3.63, 3.8) is 0 Å². The molecule has 1 aliphatic rings. The zero-order valence-corrected chi connectivity index (χ0v) is 14.9. The summed E-state index contributed by atoms with van der Waals surface area (Å²) in [4.78, 5) is 2.11. The van der Waals surface area contributed by atoms with E-state index in [9.17, 15) is 8.42 Å². The van der Waals surface area contributed by atoms with Crippen molar-refractivity contribution >= 4 is 27.3 Å². The predicted octanol–water partition coefficient (Wildman–Crippen LogP) is 3.23. The second kappa shape index (κ2) is 6.83. The Bertz CT molecular complexity index is 791. The minimum absolute atomic E-state index is 0.497. The first kappa shape index (κ1) is 16.8. The third-order valence-corrected chi connectivity index (χ3v) is 5.89. The average Bonchev–Trinajstić information content (AvgIpc) is 2.78. The largest absolute Gasteiger partial charge is 0.330 e. The number of hydrogen-bond donors (Lipinski definition) is 0. The van der Waals surface area contributed by atoms with Crippen LogP contribution in [0.4, 0.5) is 17.1 Å². The normalized spacial score (nSPS) is 15.8. The molecular formula is C18H23N3O2S. The molecule has 0 saturated heterocycles. The van der Waals surface area contributed by atoms with Crippen molar-refractivity contribution in [2.45, 2.75) is 12.8 Å². The maximum Gasteiger partial charge on any atom is 0.330 e. The molecule has 2 aromatic carbocycles. The standard InChI is InChI=1S/C18H23N3O2S/c1-19(2)14-8-9-15-20-17-12-6-7-13-18(17)21(24(20,22)23)16-10-4-3-5-11-16/h3-7,10-13H,8-9,14-15H2,1-2H3. The molecule has 0 radical (unpaired) electrons. The first-order valence-corrected chi connectivity index (χ1v) is 9.53. The van der Waals surface area contributed by atoms with E-state index in [1.165, 1.54) is 8.61 Å². The molecule has 2 aromatic rings. The van der Waals surface area contributed by atoms with Crippen molar-refractivity contribution in [2.75, 3.05) is 35.8 Å². The second-order valence-corrected chi connectivity index (χ2v) is 7.88. The molecule has 0 unspecified atom stereocenters. The SMILES string of the molecule is CN(C)CCCCN1c2ccccc2N(c2ccccc2)S1(=O)=O. The summed E-state index contributed by atoms with van der Waals surface area (Å²) >= 11 is 0. The van der Waals surface area contributed by atoms with Crippen LogP contribution in [0.1, 0.15) is 12.8 Å². The van der Waals surface area contributed by atoms with Gasteiger partial charge in [0, 0.05) is 6.54 Å². The molecule has 3 rings (SSSR count). The molecule has 0 saturated carbocycles. The van der Waals surface area contributed by atoms with Crippen LogP contribution in [0.25, 0.3) is 0 Å². The third-order valence-electron chi connectivity index (χ3n) is 4.09. The monoisotopic (exact) mass is 345 g/mol. The van der Waals surface area contributed by atoms with Crippen molar-refractivity contribution in [1.82, 2.24) is 4.90 Å². The number of nitrogens with zero attached hydrogens (tertiary/aromatic N) is 3. The van der Waals surface area contributed by atoms with E-state index in [0.29, 0.717) is 12.2 Å². The summed E-state index contributed by atoms with van der Waals surface area (Å²) in [6.07, 6.45) is 1.79. The summed E-state index contributed by atoms with van der Waals surface area (Å²) in [6.45, 7) is 1.45. The van der Waals surface area contributed by atoms with Crippen LogP contribution >= 0.6 is 0 Å². The van der Waals surface area contributed by atoms with Crippen molar-refractivity contribution in [2.24, 2.45) is 0 Å². The topological polar surface area (TPSA) is 43.9 Å². The van der Waals surface area contributed by atoms with Gasteiger partial charge in [-0.2, -0.15) is 8.42 Å². The van der Waals surface area contributed by atoms with E-state index in [0.717, 1.165) is 30.8 Å². The maximum atomic E-state index is 13.1. The van der Waals surface area contributed by atoms with Crippen molar-refractivity contribution in [3.8, 4) is 0 Å². The first-order chi connectivity index (χ1) is 11.5. The van der Waals surface area contributed by atoms with Gasteiger partial charge in [0.2, 0.25) is 0 Å². The van der Waals surface area contributed by atoms with E-state index < -0.39 is 10.2 Å². The molecule has 0 aromatic heterocycles. The summed E-state index contributed by atoms with van der Waals surface area (Å²) in [6, 6.07) is 16.7. The molecule has 1 aliphatic heterocycles. The number of rotatable bonds is 6. The number of unbranched alkanes of at least 4 members (excludes halogenated alkanes) is 1. The molecule has 128 valence electrons. The van der Waals surface area contributed by atoms with Gasteiger partial charge in [-0.1, -0.05) is 30.3 Å². The van der Waals surface area contributed by atoms with E-state index in [1.807, 2.05) is 68.7 Å². The van der Waals surface area contributed by atoms with E-state index in [2.05, 4.69) is 4.90 Å². The fraction of sp³-hybridized carbons (Fsp3) is 0.333. The number of benzene rings is 2. The van der Waals surface area contributed by atoms with Gasteiger partial charge in [0.05, 0.1) is 17.1 Å². The molecule has 0 atom stereocenters. The fourth-order valence-corrected chi connectivity index (χ4v) is 4.70. The van der Waals surface area contributed by atoms with E-state index in [1.54, 1.807) is 0 Å². The number of anilines is 3. The molecule has 0 aliphatic carbocycles. The second-order valence-electron chi connectivity index (χ2n) is 6.18. The highest BCUT2D eigenvalue weighted by Crippen LogP contribution is 2.44. The molecule has 5 nitrogen and oxygen atoms in total. The maximum absolute atomic E-state index is 13.1. The number of fused-ring (bicyclic) bond motifs is 1. The Morgan fingerprint density at radius 2 is 1.50 bits per heavy atom. The molecule has 0 amide bonds. The highest BCUT2D eigenvalue weighted by atomic mass is 32.2. The van der Waals surface area contributed by atoms with Gasteiger partial charge in [-0.25, -0.2) is 4.31 Å². The van der Waals surface area contributed by atoms with Crippen LogP contribution in [-0.2, 0) is 10.2 Å². The van der Waals surface area contributed by atoms with Gasteiger partial charge in [0.1, 0.15) is 0 Å². The lowest BCUT2D eigenvalue weighted by molar-refractivity contribution is 0.396. The molecule has 0 bridgehead atoms. The van der Waals surface area contributed by atoms with E-state index >= 15 is 0 Å². The van der Waals surface area contributed by atoms with Crippen LogP contribution in [0.3, 0.4) is 0 Å². The Morgan fingerprint density at radius 1 is 0.875 bits per heavy atom. The van der Waals surface area contributed by atoms with Crippen molar-refractivity contribution < 1.29 is 8.42 Å². The van der Waals surface area contributed by atoms with Crippen LogP contribution in [-0.4, -0.2) is 40.5 Å². The lowest BCUT2D eigenvalue weighted by Gasteiger charge is -2.22. The molecule has 0 N–H and O–H groups in total. The highest BCUT2D eigenvalue weighted by molar-refractivity contribution is 7.95. The van der Waals surface area contributed by atoms with Crippen molar-refractivity contribution in [3.05, 3.63) is 54.6 Å². The van der Waals surface area contributed by atoms with Gasteiger partial charge in [0.25, 0.3) is 0 Å². The Balaban J connectivity index is 1.91. The molecule has 0 fully saturated rings. The highest BCUT2D eigenvalue weighted by Gasteiger charge is 2.40. The minimum Gasteiger partial charge on any atom is -0.309 e. The van der Waals surface area contributed by atoms with Crippen LogP contribution in [0.5, 0.6) is 0 Å². The van der Waals surface area contributed by atoms with Crippen LogP contribution in [0.15, 0.2) is 54.6 Å². The molecule has 6 heteroatoms. The average molecular weight is 345 g/mol. The molecule has 0 spiro atoms. The van der Waals surface area contributed by atoms with Crippen LogP contribution in [0.2, 0.25) is 0 Å². The Labute approximate surface area is 144 Å². The summed E-state index contributed by atoms with van der Waals surface area (Å²) in [5, 5.41) is 0. The molecule has 1 heterocycles. The fourth-order valence-electron chi connectivity index (χ4n) is 2.95. The number of hydrogen-bond acceptors (Lipinski definition) is 3. The van der Waals surface area contributed by atoms with E-state index in [4.69, 9.17) is 0 Å². The quantitative estimate of drug-likeness (QED) is 0.755. The Kier molecular flexibility index (Phi) is 4.78. The van der Waals surface area contributed by atoms with Gasteiger partial charge in [0.15, 0.2) is 0 Å². The summed E-state index contributed by atoms with van der Waals surface area (Å²) in [5.74, 6) is 0. The van der Waals surface area contributed by atoms with Crippen molar-refractivity contribution in [1.29, 1.82) is 0 Å². The zero-order valence-electron chi connectivity index (χ0n) is 14.1. The van der Waals surface area contributed by atoms with Gasteiger partial charge < -0.3 is 4.90 Å². The van der Waals surface area contributed by atoms with Gasteiger partial charge in [-0.05, 0) is 57.7 Å².